The minimum Gasteiger partial charge on any atom is -0.496 e. The maximum absolute atomic E-state index is 12.9. The maximum Gasteiger partial charge on any atom is 0.257 e. The molecule has 0 aromatic heterocycles. The second-order valence-electron chi connectivity index (χ2n) is 6.52. The van der Waals surface area contributed by atoms with Gasteiger partial charge in [0.05, 0.1) is 30.8 Å². The summed E-state index contributed by atoms with van der Waals surface area (Å²) in [5, 5.41) is 0. The Morgan fingerprint density at radius 3 is 2.46 bits per heavy atom. The zero-order valence-corrected chi connectivity index (χ0v) is 16.7. The van der Waals surface area contributed by atoms with E-state index in [0.717, 1.165) is 5.56 Å². The first-order valence-electron chi connectivity index (χ1n) is 9.04. The van der Waals surface area contributed by atoms with Crippen LogP contribution in [-0.4, -0.2) is 52.6 Å². The molecule has 0 radical (unpaired) electrons. The number of ether oxygens (including phenoxy) is 2. The molecule has 1 fully saturated rings. The third-order valence-corrected chi connectivity index (χ3v) is 6.18. The van der Waals surface area contributed by atoms with Crippen molar-refractivity contribution in [3.05, 3.63) is 59.7 Å². The van der Waals surface area contributed by atoms with E-state index in [4.69, 9.17) is 9.47 Å². The van der Waals surface area contributed by atoms with E-state index in [1.54, 1.807) is 11.8 Å². The number of rotatable bonds is 6. The van der Waals surface area contributed by atoms with E-state index in [9.17, 15) is 13.2 Å². The number of nitrogens with one attached hydrogen (secondary N) is 1. The van der Waals surface area contributed by atoms with Gasteiger partial charge in [0.15, 0.2) is 0 Å². The van der Waals surface area contributed by atoms with Crippen molar-refractivity contribution >= 4 is 15.9 Å². The van der Waals surface area contributed by atoms with Crippen molar-refractivity contribution in [1.82, 2.24) is 9.62 Å². The van der Waals surface area contributed by atoms with Crippen LogP contribution >= 0.6 is 0 Å². The Morgan fingerprint density at radius 1 is 1.14 bits per heavy atom. The highest BCUT2D eigenvalue weighted by molar-refractivity contribution is 7.89. The maximum atomic E-state index is 12.9. The van der Waals surface area contributed by atoms with Crippen LogP contribution in [-0.2, 0) is 14.8 Å². The quantitative estimate of drug-likeness (QED) is 0.798. The van der Waals surface area contributed by atoms with Crippen LogP contribution in [0.4, 0.5) is 0 Å². The topological polar surface area (TPSA) is 84.9 Å². The molecule has 3 rings (SSSR count). The molecule has 150 valence electrons. The normalized spacial score (nSPS) is 15.9. The van der Waals surface area contributed by atoms with Crippen LogP contribution < -0.4 is 9.46 Å². The fraction of sp³-hybridized carbons (Fsp3) is 0.350. The number of nitrogens with zero attached hydrogens (tertiary/aromatic N) is 1. The van der Waals surface area contributed by atoms with Gasteiger partial charge >= 0.3 is 0 Å². The smallest absolute Gasteiger partial charge is 0.257 e. The molecule has 1 aliphatic heterocycles. The van der Waals surface area contributed by atoms with Crippen LogP contribution in [0.25, 0.3) is 0 Å². The summed E-state index contributed by atoms with van der Waals surface area (Å²) in [5.74, 6) is 0.0693. The molecule has 1 N–H and O–H groups in total. The lowest BCUT2D eigenvalue weighted by Gasteiger charge is -2.27. The van der Waals surface area contributed by atoms with Gasteiger partial charge in [-0.1, -0.05) is 30.3 Å². The molecule has 1 atom stereocenters. The van der Waals surface area contributed by atoms with Crippen molar-refractivity contribution in [2.45, 2.75) is 17.9 Å². The molecule has 28 heavy (non-hydrogen) atoms. The van der Waals surface area contributed by atoms with Crippen LogP contribution in [0.1, 0.15) is 28.9 Å². The van der Waals surface area contributed by atoms with Gasteiger partial charge < -0.3 is 14.4 Å². The predicted octanol–water partition coefficient (Wildman–Crippen LogP) is 2.21. The summed E-state index contributed by atoms with van der Waals surface area (Å²) in [6.45, 7) is 3.62. The number of carbonyl (C=O) groups excluding carboxylic acids is 1. The Balaban J connectivity index is 1.88. The Labute approximate surface area is 165 Å². The number of benzene rings is 2. The lowest BCUT2D eigenvalue weighted by atomic mass is 10.1. The summed E-state index contributed by atoms with van der Waals surface area (Å²) >= 11 is 0. The zero-order chi connectivity index (χ0) is 20.1. The van der Waals surface area contributed by atoms with Gasteiger partial charge in [-0.05, 0) is 30.7 Å². The molecule has 7 nitrogen and oxygen atoms in total. The molecule has 1 heterocycles. The fourth-order valence-electron chi connectivity index (χ4n) is 3.07. The molecule has 0 spiro atoms. The van der Waals surface area contributed by atoms with E-state index in [0.29, 0.717) is 32.1 Å². The number of sulfonamides is 1. The molecule has 0 unspecified atom stereocenters. The van der Waals surface area contributed by atoms with Crippen molar-refractivity contribution in [3.8, 4) is 5.75 Å². The summed E-state index contributed by atoms with van der Waals surface area (Å²) < 4.78 is 39.0. The Morgan fingerprint density at radius 2 is 1.82 bits per heavy atom. The molecule has 2 aromatic carbocycles. The third kappa shape index (κ3) is 4.52. The first kappa shape index (κ1) is 20.3. The van der Waals surface area contributed by atoms with Crippen LogP contribution in [0.15, 0.2) is 53.4 Å². The minimum absolute atomic E-state index is 0.0210. The van der Waals surface area contributed by atoms with Crippen LogP contribution in [0.3, 0.4) is 0 Å². The minimum atomic E-state index is -3.82. The van der Waals surface area contributed by atoms with E-state index in [1.165, 1.54) is 25.3 Å². The van der Waals surface area contributed by atoms with Crippen LogP contribution in [0, 0.1) is 0 Å². The van der Waals surface area contributed by atoms with E-state index < -0.39 is 16.1 Å². The number of morpholine rings is 1. The predicted molar refractivity (Wildman–Crippen MR) is 105 cm³/mol. The molecule has 1 amide bonds. The lowest BCUT2D eigenvalue weighted by Crippen LogP contribution is -2.40. The van der Waals surface area contributed by atoms with Crippen LogP contribution in [0.5, 0.6) is 5.75 Å². The summed E-state index contributed by atoms with van der Waals surface area (Å²) in [7, 11) is -2.37. The molecule has 0 bridgehead atoms. The zero-order valence-electron chi connectivity index (χ0n) is 15.9. The molecule has 2 aromatic rings. The molecule has 0 saturated carbocycles. The summed E-state index contributed by atoms with van der Waals surface area (Å²) in [6, 6.07) is 13.2. The van der Waals surface area contributed by atoms with Gasteiger partial charge in [-0.2, -0.15) is 0 Å². The van der Waals surface area contributed by atoms with Crippen LogP contribution in [0.2, 0.25) is 0 Å². The average molecular weight is 404 g/mol. The standard InChI is InChI=1S/C20H24N2O5S/c1-15(16-6-4-3-5-7-16)21-28(24,25)17-8-9-19(26-2)18(14-17)20(23)22-10-12-27-13-11-22/h3-9,14-15,21H,10-13H2,1-2H3/t15-/m1/s1. The molecule has 8 heteroatoms. The number of methoxy groups -OCH3 is 1. The largest absolute Gasteiger partial charge is 0.496 e. The number of carbonyl (C=O) groups is 1. The van der Waals surface area contributed by atoms with Gasteiger partial charge in [-0.3, -0.25) is 4.79 Å². The third-order valence-electron chi connectivity index (χ3n) is 4.64. The van der Waals surface area contributed by atoms with Gasteiger partial charge in [0.2, 0.25) is 10.0 Å². The monoisotopic (exact) mass is 404 g/mol. The summed E-state index contributed by atoms with van der Waals surface area (Å²) in [6.07, 6.45) is 0. The van der Waals surface area contributed by atoms with Gasteiger partial charge in [0, 0.05) is 19.1 Å². The van der Waals surface area contributed by atoms with Gasteiger partial charge in [-0.25, -0.2) is 13.1 Å². The molecular weight excluding hydrogens is 380 g/mol. The highest BCUT2D eigenvalue weighted by Crippen LogP contribution is 2.25. The second-order valence-corrected chi connectivity index (χ2v) is 8.23. The fourth-order valence-corrected chi connectivity index (χ4v) is 4.33. The molecule has 0 aliphatic carbocycles. The van der Waals surface area contributed by atoms with Crippen molar-refractivity contribution in [2.75, 3.05) is 33.4 Å². The van der Waals surface area contributed by atoms with Crippen molar-refractivity contribution in [1.29, 1.82) is 0 Å². The second kappa shape index (κ2) is 8.72. The average Bonchev–Trinajstić information content (AvgIpc) is 2.73. The first-order chi connectivity index (χ1) is 13.4. The number of hydrogen-bond donors (Lipinski definition) is 1. The highest BCUT2D eigenvalue weighted by atomic mass is 32.2. The van der Waals surface area contributed by atoms with Crippen molar-refractivity contribution in [2.24, 2.45) is 0 Å². The van der Waals surface area contributed by atoms with Gasteiger partial charge in [0.1, 0.15) is 5.75 Å². The van der Waals surface area contributed by atoms with E-state index in [1.807, 2.05) is 30.3 Å². The van der Waals surface area contributed by atoms with E-state index >= 15 is 0 Å². The first-order valence-corrected chi connectivity index (χ1v) is 10.5. The molecular formula is C20H24N2O5S. The number of amides is 1. The Bertz CT molecular complexity index is 925. The summed E-state index contributed by atoms with van der Waals surface area (Å²) in [4.78, 5) is 14.5. The van der Waals surface area contributed by atoms with Gasteiger partial charge in [0.25, 0.3) is 5.91 Å². The molecule has 1 aliphatic rings. The SMILES string of the molecule is COc1ccc(S(=O)(=O)N[C@H](C)c2ccccc2)cc1C(=O)N1CCOCC1. The van der Waals surface area contributed by atoms with Gasteiger partial charge in [-0.15, -0.1) is 0 Å². The highest BCUT2D eigenvalue weighted by Gasteiger charge is 2.25. The number of hydrogen-bond acceptors (Lipinski definition) is 5. The molecule has 1 saturated heterocycles. The van der Waals surface area contributed by atoms with Crippen molar-refractivity contribution in [3.63, 3.8) is 0 Å². The Hall–Kier alpha value is -2.42. The Kier molecular flexibility index (Phi) is 6.33. The lowest BCUT2D eigenvalue weighted by molar-refractivity contribution is 0.0300. The van der Waals surface area contributed by atoms with E-state index in [2.05, 4.69) is 4.72 Å². The van der Waals surface area contributed by atoms with E-state index in [-0.39, 0.29) is 16.4 Å². The summed E-state index contributed by atoms with van der Waals surface area (Å²) in [5.41, 5.74) is 1.07. The van der Waals surface area contributed by atoms with Crippen molar-refractivity contribution < 1.29 is 22.7 Å².